The number of carbonyl (C=O) groups excluding carboxylic acids is 1. The van der Waals surface area contributed by atoms with E-state index in [0.717, 1.165) is 6.07 Å². The largest absolute Gasteiger partial charge is 0.370 e. The average molecular weight is 400 g/mol. The Morgan fingerprint density at radius 2 is 2.00 bits per heavy atom. The van der Waals surface area contributed by atoms with Crippen LogP contribution in [0.15, 0.2) is 28.1 Å². The lowest BCUT2D eigenvalue weighted by molar-refractivity contribution is 0.100. The second-order valence-corrected chi connectivity index (χ2v) is 6.42. The van der Waals surface area contributed by atoms with E-state index in [0.29, 0.717) is 6.54 Å². The predicted octanol–water partition coefficient (Wildman–Crippen LogP) is 0.348. The minimum atomic E-state index is -4.05. The van der Waals surface area contributed by atoms with Gasteiger partial charge in [-0.3, -0.25) is 9.52 Å². The highest BCUT2D eigenvalue weighted by Gasteiger charge is 2.21. The van der Waals surface area contributed by atoms with E-state index in [1.165, 1.54) is 12.1 Å². The maximum absolute atomic E-state index is 12.2. The second-order valence-electron chi connectivity index (χ2n) is 3.95. The number of hydrogen-bond donors (Lipinski definition) is 4. The molecule has 0 aliphatic heterocycles. The quantitative estimate of drug-likeness (QED) is 0.325. The first-order valence-corrected chi connectivity index (χ1v) is 8.18. The van der Waals surface area contributed by atoms with Crippen LogP contribution in [0.4, 0.5) is 0 Å². The van der Waals surface area contributed by atoms with Crippen molar-refractivity contribution in [1.82, 2.24) is 10.0 Å². The molecule has 23 heavy (non-hydrogen) atoms. The molecule has 12 heteroatoms. The number of carbonyl (C=O) groups is 1. The highest BCUT2D eigenvalue weighted by atomic mass is 35.5. The van der Waals surface area contributed by atoms with E-state index in [1.807, 2.05) is 0 Å². The van der Waals surface area contributed by atoms with Crippen molar-refractivity contribution in [3.63, 3.8) is 0 Å². The molecule has 1 aromatic carbocycles. The maximum Gasteiger partial charge on any atom is 0.280 e. The number of nitrogens with two attached hydrogens (primary N) is 2. The molecule has 1 aromatic rings. The SMILES string of the molecule is CCNC(=S)NS(=O)(=O)c1cc(C(=O)N=C(N)N)ccc1Cl.Cl. The molecular formula is C11H15Cl2N5O3S2. The number of nitrogens with zero attached hydrogens (tertiary/aromatic N) is 1. The number of sulfonamides is 1. The number of hydrogen-bond acceptors (Lipinski definition) is 4. The number of thiocarbonyl (C=S) groups is 1. The number of guanidine groups is 1. The van der Waals surface area contributed by atoms with Gasteiger partial charge in [-0.15, -0.1) is 12.4 Å². The standard InChI is InChI=1S/C11H14ClN5O3S2.ClH/c1-2-15-11(21)17-22(19,20)8-5-6(3-4-7(8)12)9(18)16-10(13)14;/h3-5H,2H2,1H3,(H2,15,17,21)(H4,13,14,16,18);1H. The zero-order chi connectivity index (χ0) is 16.9. The Kier molecular flexibility index (Phi) is 8.24. The molecule has 0 heterocycles. The molecule has 6 N–H and O–H groups in total. The molecule has 0 saturated heterocycles. The molecule has 0 aliphatic carbocycles. The summed E-state index contributed by atoms with van der Waals surface area (Å²) in [7, 11) is -4.05. The molecule has 0 aromatic heterocycles. The molecule has 1 amide bonds. The molecule has 0 spiro atoms. The summed E-state index contributed by atoms with van der Waals surface area (Å²) in [5.74, 6) is -1.22. The van der Waals surface area contributed by atoms with Crippen LogP contribution in [-0.2, 0) is 10.0 Å². The molecule has 0 saturated carbocycles. The summed E-state index contributed by atoms with van der Waals surface area (Å²) < 4.78 is 26.6. The fourth-order valence-electron chi connectivity index (χ4n) is 1.40. The molecular weight excluding hydrogens is 385 g/mol. The van der Waals surface area contributed by atoms with Crippen molar-refractivity contribution >= 4 is 63.2 Å². The summed E-state index contributed by atoms with van der Waals surface area (Å²) in [6.45, 7) is 2.19. The summed E-state index contributed by atoms with van der Waals surface area (Å²) in [6.07, 6.45) is 0. The third-order valence-corrected chi connectivity index (χ3v) is 4.47. The third-order valence-electron chi connectivity index (χ3n) is 2.26. The van der Waals surface area contributed by atoms with E-state index in [2.05, 4.69) is 15.0 Å². The highest BCUT2D eigenvalue weighted by molar-refractivity contribution is 7.92. The van der Waals surface area contributed by atoms with Crippen molar-refractivity contribution in [1.29, 1.82) is 0 Å². The molecule has 1 rings (SSSR count). The Morgan fingerprint density at radius 1 is 1.39 bits per heavy atom. The van der Waals surface area contributed by atoms with Gasteiger partial charge in [0.25, 0.3) is 15.9 Å². The molecule has 0 unspecified atom stereocenters. The van der Waals surface area contributed by atoms with Crippen LogP contribution < -0.4 is 21.5 Å². The van der Waals surface area contributed by atoms with Crippen molar-refractivity contribution in [2.24, 2.45) is 16.5 Å². The fourth-order valence-corrected chi connectivity index (χ4v) is 3.33. The van der Waals surface area contributed by atoms with Gasteiger partial charge in [0, 0.05) is 12.1 Å². The summed E-state index contributed by atoms with van der Waals surface area (Å²) in [5.41, 5.74) is 10.2. The van der Waals surface area contributed by atoms with Crippen LogP contribution in [0.1, 0.15) is 17.3 Å². The zero-order valence-electron chi connectivity index (χ0n) is 11.9. The van der Waals surface area contributed by atoms with Crippen molar-refractivity contribution in [2.75, 3.05) is 6.54 Å². The third kappa shape index (κ3) is 6.18. The topological polar surface area (TPSA) is 140 Å². The molecule has 0 fully saturated rings. The minimum Gasteiger partial charge on any atom is -0.370 e. The molecule has 0 aliphatic rings. The number of benzene rings is 1. The van der Waals surface area contributed by atoms with Gasteiger partial charge < -0.3 is 16.8 Å². The number of amides is 1. The van der Waals surface area contributed by atoms with E-state index in [-0.39, 0.29) is 33.0 Å². The van der Waals surface area contributed by atoms with Crippen LogP contribution in [0.5, 0.6) is 0 Å². The van der Waals surface area contributed by atoms with Crippen molar-refractivity contribution in [3.8, 4) is 0 Å². The van der Waals surface area contributed by atoms with Crippen molar-refractivity contribution in [2.45, 2.75) is 11.8 Å². The zero-order valence-corrected chi connectivity index (χ0v) is 15.1. The summed E-state index contributed by atoms with van der Waals surface area (Å²) in [4.78, 5) is 14.7. The summed E-state index contributed by atoms with van der Waals surface area (Å²) >= 11 is 10.7. The minimum absolute atomic E-state index is 0. The van der Waals surface area contributed by atoms with E-state index in [4.69, 9.17) is 35.3 Å². The highest BCUT2D eigenvalue weighted by Crippen LogP contribution is 2.23. The molecule has 128 valence electrons. The summed E-state index contributed by atoms with van der Waals surface area (Å²) in [5, 5.41) is 2.47. The lowest BCUT2D eigenvalue weighted by atomic mass is 10.2. The van der Waals surface area contributed by atoms with Gasteiger partial charge in [-0.25, -0.2) is 8.42 Å². The van der Waals surface area contributed by atoms with Crippen LogP contribution in [0, 0.1) is 0 Å². The van der Waals surface area contributed by atoms with Crippen molar-refractivity contribution < 1.29 is 13.2 Å². The lowest BCUT2D eigenvalue weighted by Gasteiger charge is -2.11. The van der Waals surface area contributed by atoms with Gasteiger partial charge in [0.05, 0.1) is 5.02 Å². The Bertz CT molecular complexity index is 733. The first kappa shape index (κ1) is 21.4. The fraction of sp³-hybridized carbons (Fsp3) is 0.182. The van der Waals surface area contributed by atoms with E-state index in [9.17, 15) is 13.2 Å². The monoisotopic (exact) mass is 399 g/mol. The van der Waals surface area contributed by atoms with Crippen LogP contribution in [-0.4, -0.2) is 31.9 Å². The average Bonchev–Trinajstić information content (AvgIpc) is 2.37. The van der Waals surface area contributed by atoms with Crippen LogP contribution in [0.2, 0.25) is 5.02 Å². The van der Waals surface area contributed by atoms with Gasteiger partial charge >= 0.3 is 0 Å². The molecule has 0 atom stereocenters. The number of aliphatic imine (C=N–C) groups is 1. The van der Waals surface area contributed by atoms with E-state index >= 15 is 0 Å². The van der Waals surface area contributed by atoms with Gasteiger partial charge in [-0.1, -0.05) is 11.6 Å². The van der Waals surface area contributed by atoms with E-state index < -0.39 is 21.9 Å². The van der Waals surface area contributed by atoms with Crippen LogP contribution >= 0.6 is 36.2 Å². The van der Waals surface area contributed by atoms with Gasteiger partial charge in [0.1, 0.15) is 4.90 Å². The molecule has 0 bridgehead atoms. The van der Waals surface area contributed by atoms with Crippen molar-refractivity contribution in [3.05, 3.63) is 28.8 Å². The van der Waals surface area contributed by atoms with Gasteiger partial charge in [-0.2, -0.15) is 4.99 Å². The normalized spacial score (nSPS) is 10.2. The Balaban J connectivity index is 0.00000484. The number of rotatable bonds is 4. The number of nitrogens with one attached hydrogen (secondary N) is 2. The van der Waals surface area contributed by atoms with Gasteiger partial charge in [-0.05, 0) is 37.3 Å². The first-order chi connectivity index (χ1) is 10.2. The van der Waals surface area contributed by atoms with Crippen LogP contribution in [0.25, 0.3) is 0 Å². The van der Waals surface area contributed by atoms with Crippen LogP contribution in [0.3, 0.4) is 0 Å². The Hall–Kier alpha value is -1.62. The van der Waals surface area contributed by atoms with Gasteiger partial charge in [0.2, 0.25) is 0 Å². The lowest BCUT2D eigenvalue weighted by Crippen LogP contribution is -2.39. The maximum atomic E-state index is 12.2. The van der Waals surface area contributed by atoms with E-state index in [1.54, 1.807) is 6.92 Å². The Morgan fingerprint density at radius 3 is 2.52 bits per heavy atom. The second kappa shape index (κ2) is 8.87. The summed E-state index contributed by atoms with van der Waals surface area (Å²) in [6, 6.07) is 3.62. The van der Waals surface area contributed by atoms with Gasteiger partial charge in [0.15, 0.2) is 11.1 Å². The predicted molar refractivity (Wildman–Crippen MR) is 95.4 cm³/mol. The molecule has 0 radical (unpaired) electrons. The Labute approximate surface area is 150 Å². The first-order valence-electron chi connectivity index (χ1n) is 5.91. The molecule has 8 nitrogen and oxygen atoms in total. The smallest absolute Gasteiger partial charge is 0.280 e. The number of halogens is 2.